The van der Waals surface area contributed by atoms with Crippen LogP contribution in [0.2, 0.25) is 10.0 Å². The highest BCUT2D eigenvalue weighted by atomic mass is 79.9. The molecule has 0 atom stereocenters. The van der Waals surface area contributed by atoms with Crippen molar-refractivity contribution in [1.29, 1.82) is 0 Å². The van der Waals surface area contributed by atoms with Gasteiger partial charge in [-0.3, -0.25) is 0 Å². The van der Waals surface area contributed by atoms with E-state index >= 15 is 0 Å². The van der Waals surface area contributed by atoms with Crippen LogP contribution in [0, 0.1) is 0 Å². The summed E-state index contributed by atoms with van der Waals surface area (Å²) in [6, 6.07) is 9.66. The number of nitrogens with zero attached hydrogens (tertiary/aromatic N) is 3. The normalized spacial score (nSPS) is 10.5. The molecule has 0 saturated heterocycles. The average molecular weight is 428 g/mol. The Hall–Kier alpha value is -2.16. The van der Waals surface area contributed by atoms with Gasteiger partial charge >= 0.3 is 6.03 Å². The molecule has 3 rings (SSSR count). The van der Waals surface area contributed by atoms with Gasteiger partial charge in [0.15, 0.2) is 0 Å². The van der Waals surface area contributed by atoms with E-state index in [9.17, 15) is 4.79 Å². The Kier molecular flexibility index (Phi) is 4.98. The number of H-pyrrole nitrogens is 1. The fourth-order valence-electron chi connectivity index (χ4n) is 1.94. The molecule has 2 aromatic carbocycles. The largest absolute Gasteiger partial charge is 0.323 e. The van der Waals surface area contributed by atoms with E-state index in [1.54, 1.807) is 36.4 Å². The minimum Gasteiger partial charge on any atom is -0.308 e. The second-order valence-corrected chi connectivity index (χ2v) is 6.36. The topological polar surface area (TPSA) is 95.6 Å². The summed E-state index contributed by atoms with van der Waals surface area (Å²) < 4.78 is 0.817. The van der Waals surface area contributed by atoms with Crippen LogP contribution in [0.15, 0.2) is 40.9 Å². The Morgan fingerprint density at radius 1 is 1.08 bits per heavy atom. The Labute approximate surface area is 154 Å². The van der Waals surface area contributed by atoms with Gasteiger partial charge in [0, 0.05) is 15.7 Å². The van der Waals surface area contributed by atoms with Gasteiger partial charge in [0.2, 0.25) is 5.82 Å². The third kappa shape index (κ3) is 3.84. The van der Waals surface area contributed by atoms with Crippen LogP contribution < -0.4 is 10.6 Å². The molecule has 0 aliphatic rings. The van der Waals surface area contributed by atoms with E-state index in [4.69, 9.17) is 23.2 Å². The van der Waals surface area contributed by atoms with Crippen LogP contribution in [-0.2, 0) is 0 Å². The summed E-state index contributed by atoms with van der Waals surface area (Å²) in [5.41, 5.74) is 1.65. The number of amides is 2. The van der Waals surface area contributed by atoms with Gasteiger partial charge in [-0.25, -0.2) is 4.79 Å². The molecule has 0 bridgehead atoms. The van der Waals surface area contributed by atoms with Crippen molar-refractivity contribution in [2.45, 2.75) is 0 Å². The number of anilines is 2. The lowest BCUT2D eigenvalue weighted by atomic mass is 10.1. The maximum atomic E-state index is 12.2. The number of aromatic nitrogens is 4. The van der Waals surface area contributed by atoms with E-state index in [0.29, 0.717) is 32.8 Å². The number of tetrazole rings is 1. The average Bonchev–Trinajstić information content (AvgIpc) is 3.07. The molecule has 7 nitrogen and oxygen atoms in total. The zero-order valence-corrected chi connectivity index (χ0v) is 14.9. The molecule has 0 aliphatic heterocycles. The van der Waals surface area contributed by atoms with Gasteiger partial charge in [-0.1, -0.05) is 39.1 Å². The molecule has 0 unspecified atom stereocenters. The molecular formula is C14H9BrCl2N6O. The maximum Gasteiger partial charge on any atom is 0.323 e. The number of nitrogens with one attached hydrogen (secondary N) is 3. The molecule has 24 heavy (non-hydrogen) atoms. The van der Waals surface area contributed by atoms with Crippen molar-refractivity contribution in [2.24, 2.45) is 0 Å². The van der Waals surface area contributed by atoms with E-state index in [-0.39, 0.29) is 0 Å². The fraction of sp³-hybridized carbons (Fsp3) is 0. The first-order chi connectivity index (χ1) is 11.5. The third-order valence-corrected chi connectivity index (χ3v) is 4.23. The second-order valence-electron chi connectivity index (χ2n) is 4.63. The molecule has 2 amide bonds. The SMILES string of the molecule is O=C(Nc1ccc(Cl)c(Cl)c1)Nc1ccc(Br)cc1-c1nn[nH]n1. The van der Waals surface area contributed by atoms with Gasteiger partial charge in [-0.05, 0) is 41.6 Å². The van der Waals surface area contributed by atoms with E-state index < -0.39 is 6.03 Å². The number of rotatable bonds is 3. The first-order valence-corrected chi connectivity index (χ1v) is 8.14. The quantitative estimate of drug-likeness (QED) is 0.569. The fourth-order valence-corrected chi connectivity index (χ4v) is 2.60. The molecular weight excluding hydrogens is 419 g/mol. The molecule has 10 heteroatoms. The Morgan fingerprint density at radius 2 is 1.92 bits per heavy atom. The van der Waals surface area contributed by atoms with Crippen molar-refractivity contribution in [3.8, 4) is 11.4 Å². The number of hydrogen-bond acceptors (Lipinski definition) is 4. The number of carbonyl (C=O) groups is 1. The molecule has 122 valence electrons. The van der Waals surface area contributed by atoms with Crippen molar-refractivity contribution < 1.29 is 4.79 Å². The molecule has 3 aromatic rings. The first-order valence-electron chi connectivity index (χ1n) is 6.59. The zero-order valence-electron chi connectivity index (χ0n) is 11.8. The van der Waals surface area contributed by atoms with Gasteiger partial charge in [0.1, 0.15) is 0 Å². The van der Waals surface area contributed by atoms with E-state index in [1.807, 2.05) is 0 Å². The molecule has 0 fully saturated rings. The van der Waals surface area contributed by atoms with Crippen molar-refractivity contribution in [3.05, 3.63) is 50.9 Å². The summed E-state index contributed by atoms with van der Waals surface area (Å²) in [5, 5.41) is 19.9. The van der Waals surface area contributed by atoms with Crippen molar-refractivity contribution in [3.63, 3.8) is 0 Å². The number of halogens is 3. The van der Waals surface area contributed by atoms with E-state index in [1.165, 1.54) is 0 Å². The highest BCUT2D eigenvalue weighted by Gasteiger charge is 2.13. The molecule has 0 aliphatic carbocycles. The maximum absolute atomic E-state index is 12.2. The molecule has 0 spiro atoms. The third-order valence-electron chi connectivity index (χ3n) is 2.99. The molecule has 3 N–H and O–H groups in total. The number of aromatic amines is 1. The van der Waals surface area contributed by atoms with Gasteiger partial charge in [0.25, 0.3) is 0 Å². The Bertz CT molecular complexity index is 887. The molecule has 1 aromatic heterocycles. The zero-order chi connectivity index (χ0) is 17.1. The summed E-state index contributed by atoms with van der Waals surface area (Å²) in [5.74, 6) is 0.362. The number of carbonyl (C=O) groups excluding carboxylic acids is 1. The van der Waals surface area contributed by atoms with Crippen LogP contribution >= 0.6 is 39.1 Å². The van der Waals surface area contributed by atoms with Crippen molar-refractivity contribution in [1.82, 2.24) is 20.6 Å². The lowest BCUT2D eigenvalue weighted by Gasteiger charge is -2.11. The summed E-state index contributed by atoms with van der Waals surface area (Å²) in [7, 11) is 0. The van der Waals surface area contributed by atoms with Crippen molar-refractivity contribution >= 4 is 56.5 Å². The Balaban J connectivity index is 1.80. The lowest BCUT2D eigenvalue weighted by Crippen LogP contribution is -2.20. The van der Waals surface area contributed by atoms with E-state index in [0.717, 1.165) is 4.47 Å². The monoisotopic (exact) mass is 426 g/mol. The molecule has 0 saturated carbocycles. The number of urea groups is 1. The smallest absolute Gasteiger partial charge is 0.308 e. The minimum atomic E-state index is -0.444. The van der Waals surface area contributed by atoms with Gasteiger partial charge in [0.05, 0.1) is 15.7 Å². The van der Waals surface area contributed by atoms with Crippen LogP contribution in [0.1, 0.15) is 0 Å². The molecule has 1 heterocycles. The first kappa shape index (κ1) is 16.7. The van der Waals surface area contributed by atoms with Crippen LogP contribution in [0.5, 0.6) is 0 Å². The highest BCUT2D eigenvalue weighted by Crippen LogP contribution is 2.29. The lowest BCUT2D eigenvalue weighted by molar-refractivity contribution is 0.262. The van der Waals surface area contributed by atoms with Gasteiger partial charge in [-0.15, -0.1) is 10.2 Å². The second kappa shape index (κ2) is 7.16. The number of benzene rings is 2. The van der Waals surface area contributed by atoms with Gasteiger partial charge < -0.3 is 10.6 Å². The predicted molar refractivity (Wildman–Crippen MR) is 96.4 cm³/mol. The summed E-state index contributed by atoms with van der Waals surface area (Å²) in [6.45, 7) is 0. The summed E-state index contributed by atoms with van der Waals surface area (Å²) >= 11 is 15.2. The summed E-state index contributed by atoms with van der Waals surface area (Å²) in [6.07, 6.45) is 0. The van der Waals surface area contributed by atoms with Crippen LogP contribution in [-0.4, -0.2) is 26.7 Å². The Morgan fingerprint density at radius 3 is 2.62 bits per heavy atom. The minimum absolute atomic E-state index is 0.352. The van der Waals surface area contributed by atoms with Crippen LogP contribution in [0.25, 0.3) is 11.4 Å². The standard InChI is InChI=1S/C14H9BrCl2N6O/c15-7-1-4-12(9(5-7)13-20-22-23-21-13)19-14(24)18-8-2-3-10(16)11(17)6-8/h1-6H,(H2,18,19,24)(H,20,21,22,23). The number of hydrogen-bond donors (Lipinski definition) is 3. The van der Waals surface area contributed by atoms with E-state index in [2.05, 4.69) is 47.2 Å². The van der Waals surface area contributed by atoms with Gasteiger partial charge in [-0.2, -0.15) is 5.21 Å². The highest BCUT2D eigenvalue weighted by molar-refractivity contribution is 9.10. The summed E-state index contributed by atoms with van der Waals surface area (Å²) in [4.78, 5) is 12.2. The van der Waals surface area contributed by atoms with Crippen LogP contribution in [0.4, 0.5) is 16.2 Å². The van der Waals surface area contributed by atoms with Crippen LogP contribution in [0.3, 0.4) is 0 Å². The predicted octanol–water partition coefficient (Wildman–Crippen LogP) is 4.58. The molecule has 0 radical (unpaired) electrons. The van der Waals surface area contributed by atoms with Crippen molar-refractivity contribution in [2.75, 3.05) is 10.6 Å².